The Morgan fingerprint density at radius 3 is 2.46 bits per heavy atom. The number of hydrogen-bond acceptors (Lipinski definition) is 5. The van der Waals surface area contributed by atoms with Gasteiger partial charge in [-0.1, -0.05) is 73.7 Å². The molecule has 2 bridgehead atoms. The summed E-state index contributed by atoms with van der Waals surface area (Å²) in [5.41, 5.74) is -1.06. The van der Waals surface area contributed by atoms with Crippen LogP contribution in [0.5, 0.6) is 0 Å². The van der Waals surface area contributed by atoms with Crippen LogP contribution in [0.1, 0.15) is 37.8 Å². The van der Waals surface area contributed by atoms with Crippen molar-refractivity contribution in [3.63, 3.8) is 0 Å². The second-order valence-electron chi connectivity index (χ2n) is 11.3. The van der Waals surface area contributed by atoms with Gasteiger partial charge in [-0.25, -0.2) is 0 Å². The SMILES string of the molecule is C=CCN(C(=O)C1N([C@H](CO)c2ccccc2)C(=O)[C@@H]2[C@@H](C(=O)O)[C@@]3(CC)CCC12O3)c1ccc2ccccc2c1. The van der Waals surface area contributed by atoms with E-state index in [1.54, 1.807) is 23.1 Å². The van der Waals surface area contributed by atoms with Crippen LogP contribution in [0.3, 0.4) is 0 Å². The normalized spacial score (nSPS) is 29.0. The first-order chi connectivity index (χ1) is 19.8. The lowest BCUT2D eigenvalue weighted by molar-refractivity contribution is -0.157. The number of amides is 2. The molecule has 212 valence electrons. The molecule has 3 aliphatic heterocycles. The van der Waals surface area contributed by atoms with Gasteiger partial charge in [-0.05, 0) is 47.7 Å². The van der Waals surface area contributed by atoms with Crippen molar-refractivity contribution in [3.05, 3.63) is 91.0 Å². The molecule has 3 fully saturated rings. The number of benzene rings is 3. The van der Waals surface area contributed by atoms with Gasteiger partial charge in [-0.3, -0.25) is 14.4 Å². The molecule has 2 N–H and O–H groups in total. The van der Waals surface area contributed by atoms with Gasteiger partial charge in [0.1, 0.15) is 17.6 Å². The largest absolute Gasteiger partial charge is 0.481 e. The monoisotopic (exact) mass is 554 g/mol. The summed E-state index contributed by atoms with van der Waals surface area (Å²) >= 11 is 0. The van der Waals surface area contributed by atoms with Crippen LogP contribution < -0.4 is 4.90 Å². The van der Waals surface area contributed by atoms with Crippen molar-refractivity contribution in [3.8, 4) is 0 Å². The maximum absolute atomic E-state index is 14.8. The van der Waals surface area contributed by atoms with Crippen LogP contribution in [-0.2, 0) is 19.1 Å². The third-order valence-corrected chi connectivity index (χ3v) is 9.43. The van der Waals surface area contributed by atoms with Gasteiger partial charge in [-0.2, -0.15) is 0 Å². The van der Waals surface area contributed by atoms with E-state index in [0.717, 1.165) is 10.8 Å². The molecule has 3 heterocycles. The summed E-state index contributed by atoms with van der Waals surface area (Å²) in [6.07, 6.45) is 2.86. The first kappa shape index (κ1) is 27.2. The molecule has 3 saturated heterocycles. The van der Waals surface area contributed by atoms with Crippen molar-refractivity contribution in [2.24, 2.45) is 11.8 Å². The van der Waals surface area contributed by atoms with Crippen LogP contribution in [-0.4, -0.2) is 63.3 Å². The summed E-state index contributed by atoms with van der Waals surface area (Å²) < 4.78 is 6.70. The number of fused-ring (bicyclic) bond motifs is 2. The molecule has 2 unspecified atom stereocenters. The van der Waals surface area contributed by atoms with Crippen LogP contribution in [0.2, 0.25) is 0 Å². The molecular formula is C33H34N2O6. The number of ether oxygens (including phenoxy) is 1. The molecule has 0 aliphatic carbocycles. The van der Waals surface area contributed by atoms with E-state index in [1.165, 1.54) is 4.90 Å². The molecular weight excluding hydrogens is 520 g/mol. The minimum atomic E-state index is -1.33. The average Bonchev–Trinajstić information content (AvgIpc) is 3.60. The zero-order valence-corrected chi connectivity index (χ0v) is 23.0. The first-order valence-corrected chi connectivity index (χ1v) is 14.1. The molecule has 6 atom stereocenters. The Bertz CT molecular complexity index is 1520. The molecule has 2 amide bonds. The number of carboxylic acid groups (broad SMARTS) is 1. The molecule has 3 aromatic carbocycles. The number of anilines is 1. The van der Waals surface area contributed by atoms with E-state index in [0.29, 0.717) is 30.5 Å². The van der Waals surface area contributed by atoms with Crippen molar-refractivity contribution in [1.82, 2.24) is 4.90 Å². The molecule has 0 aromatic heterocycles. The van der Waals surface area contributed by atoms with Crippen LogP contribution in [0.25, 0.3) is 10.8 Å². The van der Waals surface area contributed by atoms with Crippen molar-refractivity contribution >= 4 is 34.2 Å². The van der Waals surface area contributed by atoms with E-state index >= 15 is 0 Å². The molecule has 0 radical (unpaired) electrons. The highest BCUT2D eigenvalue weighted by Crippen LogP contribution is 2.65. The smallest absolute Gasteiger partial charge is 0.310 e. The van der Waals surface area contributed by atoms with E-state index in [-0.39, 0.29) is 12.5 Å². The fourth-order valence-electron chi connectivity index (χ4n) is 7.62. The maximum Gasteiger partial charge on any atom is 0.310 e. The van der Waals surface area contributed by atoms with Crippen LogP contribution in [0.15, 0.2) is 85.5 Å². The number of carbonyl (C=O) groups is 3. The topological polar surface area (TPSA) is 107 Å². The van der Waals surface area contributed by atoms with E-state index in [1.807, 2.05) is 67.6 Å². The lowest BCUT2D eigenvalue weighted by Gasteiger charge is -2.39. The number of carboxylic acids is 1. The van der Waals surface area contributed by atoms with Crippen molar-refractivity contribution in [2.75, 3.05) is 18.1 Å². The fraction of sp³-hybridized carbons (Fsp3) is 0.364. The van der Waals surface area contributed by atoms with Gasteiger partial charge in [0.15, 0.2) is 0 Å². The summed E-state index contributed by atoms with van der Waals surface area (Å²) in [5.74, 6) is -4.08. The Morgan fingerprint density at radius 1 is 1.10 bits per heavy atom. The highest BCUT2D eigenvalue weighted by atomic mass is 16.5. The van der Waals surface area contributed by atoms with E-state index in [2.05, 4.69) is 6.58 Å². The van der Waals surface area contributed by atoms with Gasteiger partial charge in [0.05, 0.1) is 24.2 Å². The van der Waals surface area contributed by atoms with Gasteiger partial charge in [0.2, 0.25) is 5.91 Å². The number of hydrogen-bond donors (Lipinski definition) is 2. The Hall–Kier alpha value is -4.01. The number of aliphatic hydroxyl groups is 1. The van der Waals surface area contributed by atoms with Gasteiger partial charge in [0, 0.05) is 12.2 Å². The highest BCUT2D eigenvalue weighted by Gasteiger charge is 2.79. The van der Waals surface area contributed by atoms with Crippen LogP contribution in [0.4, 0.5) is 5.69 Å². The van der Waals surface area contributed by atoms with Crippen molar-refractivity contribution in [2.45, 2.75) is 49.5 Å². The Morgan fingerprint density at radius 2 is 1.80 bits per heavy atom. The summed E-state index contributed by atoms with van der Waals surface area (Å²) in [7, 11) is 0. The second-order valence-corrected chi connectivity index (χ2v) is 11.3. The molecule has 3 aromatic rings. The van der Waals surface area contributed by atoms with E-state index in [9.17, 15) is 24.6 Å². The van der Waals surface area contributed by atoms with E-state index in [4.69, 9.17) is 4.74 Å². The second kappa shape index (κ2) is 10.1. The maximum atomic E-state index is 14.8. The van der Waals surface area contributed by atoms with E-state index < -0.39 is 53.6 Å². The highest BCUT2D eigenvalue weighted by molar-refractivity contribution is 6.05. The zero-order valence-electron chi connectivity index (χ0n) is 23.0. The quantitative estimate of drug-likeness (QED) is 0.382. The van der Waals surface area contributed by atoms with Gasteiger partial charge in [-0.15, -0.1) is 6.58 Å². The molecule has 8 nitrogen and oxygen atoms in total. The standard InChI is InChI=1S/C33H34N2O6/c1-3-18-34(24-15-14-21-10-8-9-13-23(21)19-24)30(38)28-33-17-16-32(4-2,41-33)27(31(39)40)26(33)29(37)35(28)25(20-36)22-11-6-5-7-12-22/h3,5-15,19,25-28,36H,1,4,16-18,20H2,2H3,(H,39,40)/t25-,26+,27+,28?,32-,33?/m1/s1. The summed E-state index contributed by atoms with van der Waals surface area (Å²) in [6, 6.07) is 20.6. The fourth-order valence-corrected chi connectivity index (χ4v) is 7.62. The van der Waals surface area contributed by atoms with Crippen molar-refractivity contribution < 1.29 is 29.3 Å². The Labute approximate surface area is 238 Å². The predicted octanol–water partition coefficient (Wildman–Crippen LogP) is 4.33. The van der Waals surface area contributed by atoms with Gasteiger partial charge in [0.25, 0.3) is 5.91 Å². The van der Waals surface area contributed by atoms with Gasteiger partial charge < -0.3 is 24.7 Å². The number of rotatable bonds is 9. The zero-order chi connectivity index (χ0) is 28.9. The molecule has 8 heteroatoms. The van der Waals surface area contributed by atoms with Crippen LogP contribution in [0, 0.1) is 11.8 Å². The van der Waals surface area contributed by atoms with Gasteiger partial charge >= 0.3 is 5.97 Å². The number of aliphatic carboxylic acids is 1. The molecule has 3 aliphatic rings. The number of carbonyl (C=O) groups excluding carboxylic acids is 2. The summed E-state index contributed by atoms with van der Waals surface area (Å²) in [5, 5.41) is 23.0. The minimum absolute atomic E-state index is 0.173. The number of aliphatic hydroxyl groups excluding tert-OH is 1. The third-order valence-electron chi connectivity index (χ3n) is 9.43. The molecule has 0 saturated carbocycles. The van der Waals surface area contributed by atoms with Crippen LogP contribution >= 0.6 is 0 Å². The third kappa shape index (κ3) is 3.92. The lowest BCUT2D eigenvalue weighted by atomic mass is 9.65. The van der Waals surface area contributed by atoms with Crippen molar-refractivity contribution in [1.29, 1.82) is 0 Å². The lowest BCUT2D eigenvalue weighted by Crippen LogP contribution is -2.57. The molecule has 41 heavy (non-hydrogen) atoms. The Kier molecular flexibility index (Phi) is 6.71. The number of likely N-dealkylation sites (tertiary alicyclic amines) is 1. The summed E-state index contributed by atoms with van der Waals surface area (Å²) in [6.45, 7) is 5.49. The summed E-state index contributed by atoms with van der Waals surface area (Å²) in [4.78, 5) is 45.0. The Balaban J connectivity index is 1.52. The molecule has 1 spiro atoms. The molecule has 6 rings (SSSR count). The predicted molar refractivity (Wildman–Crippen MR) is 154 cm³/mol. The minimum Gasteiger partial charge on any atom is -0.481 e. The first-order valence-electron chi connectivity index (χ1n) is 14.1. The number of nitrogens with zero attached hydrogens (tertiary/aromatic N) is 2. The average molecular weight is 555 g/mol.